The number of unbranched alkanes of at least 4 members (excludes halogenated alkanes) is 1. The second kappa shape index (κ2) is 11.3. The van der Waals surface area contributed by atoms with Crippen molar-refractivity contribution in [3.63, 3.8) is 0 Å². The highest BCUT2D eigenvalue weighted by Crippen LogP contribution is 2.25. The molecule has 7 nitrogen and oxygen atoms in total. The van der Waals surface area contributed by atoms with Crippen LogP contribution in [-0.2, 0) is 11.3 Å². The van der Waals surface area contributed by atoms with Crippen molar-refractivity contribution < 1.29 is 9.13 Å². The molecule has 2 atom stereocenters. The highest BCUT2D eigenvalue weighted by molar-refractivity contribution is 14.0. The summed E-state index contributed by atoms with van der Waals surface area (Å²) in [6.07, 6.45) is 5.51. The zero-order valence-electron chi connectivity index (χ0n) is 16.3. The molecule has 154 valence electrons. The summed E-state index contributed by atoms with van der Waals surface area (Å²) in [7, 11) is 1.80. The Balaban J connectivity index is 0.00000280. The molecule has 9 heteroatoms. The Morgan fingerprint density at radius 1 is 1.21 bits per heavy atom. The van der Waals surface area contributed by atoms with Crippen LogP contribution in [0.3, 0.4) is 0 Å². The molecule has 1 aliphatic heterocycles. The first-order valence-corrected chi connectivity index (χ1v) is 9.34. The van der Waals surface area contributed by atoms with Crippen LogP contribution in [-0.4, -0.2) is 58.4 Å². The molecule has 0 bridgehead atoms. The van der Waals surface area contributed by atoms with Gasteiger partial charge in [-0.05, 0) is 37.5 Å². The van der Waals surface area contributed by atoms with Crippen molar-refractivity contribution in [1.29, 1.82) is 0 Å². The highest BCUT2D eigenvalue weighted by Gasteiger charge is 2.28. The fourth-order valence-electron chi connectivity index (χ4n) is 3.28. The molecule has 2 unspecified atom stereocenters. The van der Waals surface area contributed by atoms with Gasteiger partial charge in [0, 0.05) is 26.7 Å². The summed E-state index contributed by atoms with van der Waals surface area (Å²) in [5.74, 6) is 0.643. The Bertz CT molecular complexity index is 725. The van der Waals surface area contributed by atoms with Gasteiger partial charge in [-0.15, -0.1) is 34.2 Å². The number of rotatable bonds is 6. The van der Waals surface area contributed by atoms with Gasteiger partial charge in [-0.25, -0.2) is 4.39 Å². The number of nitrogens with zero attached hydrogens (tertiary/aromatic N) is 5. The van der Waals surface area contributed by atoms with E-state index in [1.165, 1.54) is 12.1 Å². The van der Waals surface area contributed by atoms with Gasteiger partial charge >= 0.3 is 0 Å². The Hall–Kier alpha value is -1.75. The summed E-state index contributed by atoms with van der Waals surface area (Å²) in [5, 5.41) is 11.1. The fourth-order valence-corrected chi connectivity index (χ4v) is 3.28. The average molecular weight is 502 g/mol. The number of morpholine rings is 1. The predicted molar refractivity (Wildman–Crippen MR) is 117 cm³/mol. The van der Waals surface area contributed by atoms with E-state index in [9.17, 15) is 4.39 Å². The monoisotopic (exact) mass is 502 g/mol. The highest BCUT2D eigenvalue weighted by atomic mass is 127. The largest absolute Gasteiger partial charge is 0.367 e. The van der Waals surface area contributed by atoms with Crippen LogP contribution >= 0.6 is 24.0 Å². The third-order valence-electron chi connectivity index (χ3n) is 4.61. The van der Waals surface area contributed by atoms with E-state index >= 15 is 0 Å². The number of aliphatic imine (C=N–C) groups is 1. The Morgan fingerprint density at radius 3 is 2.61 bits per heavy atom. The van der Waals surface area contributed by atoms with E-state index in [0.717, 1.165) is 44.0 Å². The van der Waals surface area contributed by atoms with Gasteiger partial charge in [-0.3, -0.25) is 4.99 Å². The number of benzene rings is 1. The molecule has 0 amide bonds. The van der Waals surface area contributed by atoms with E-state index in [4.69, 9.17) is 4.74 Å². The molecule has 1 fully saturated rings. The van der Waals surface area contributed by atoms with Crippen LogP contribution in [0, 0.1) is 5.82 Å². The smallest absolute Gasteiger partial charge is 0.193 e. The maximum atomic E-state index is 13.2. The molecule has 1 N–H and O–H groups in total. The van der Waals surface area contributed by atoms with Crippen LogP contribution in [0.4, 0.5) is 4.39 Å². The number of halogens is 2. The zero-order valence-corrected chi connectivity index (χ0v) is 18.6. The van der Waals surface area contributed by atoms with E-state index in [2.05, 4.69) is 32.3 Å². The third kappa shape index (κ3) is 6.40. The molecule has 0 spiro atoms. The van der Waals surface area contributed by atoms with Gasteiger partial charge in [0.15, 0.2) is 5.96 Å². The predicted octanol–water partition coefficient (Wildman–Crippen LogP) is 2.85. The maximum absolute atomic E-state index is 13.2. The van der Waals surface area contributed by atoms with Gasteiger partial charge in [0.05, 0.1) is 12.6 Å². The minimum absolute atomic E-state index is 0. The third-order valence-corrected chi connectivity index (χ3v) is 4.61. The lowest BCUT2D eigenvalue weighted by Gasteiger charge is -2.38. The van der Waals surface area contributed by atoms with Gasteiger partial charge in [0.1, 0.15) is 24.6 Å². The molecule has 2 heterocycles. The maximum Gasteiger partial charge on any atom is 0.193 e. The SMILES string of the molecule is CN=C(NCCCCn1cnnc1)N1CC(C)OC(c2ccc(F)cc2)C1.I. The van der Waals surface area contributed by atoms with Crippen molar-refractivity contribution in [3.8, 4) is 0 Å². The number of aryl methyl sites for hydroxylation is 1. The molecule has 1 aromatic carbocycles. The molecule has 2 aromatic rings. The summed E-state index contributed by atoms with van der Waals surface area (Å²) in [5.41, 5.74) is 0.984. The molecule has 0 radical (unpaired) electrons. The Labute approximate surface area is 182 Å². The van der Waals surface area contributed by atoms with Gasteiger partial charge in [0.25, 0.3) is 0 Å². The van der Waals surface area contributed by atoms with Gasteiger partial charge in [0.2, 0.25) is 0 Å². The molecular weight excluding hydrogens is 474 g/mol. The number of aromatic nitrogens is 3. The van der Waals surface area contributed by atoms with Gasteiger partial charge in [-0.2, -0.15) is 0 Å². The van der Waals surface area contributed by atoms with Crippen LogP contribution < -0.4 is 5.32 Å². The lowest BCUT2D eigenvalue weighted by molar-refractivity contribution is -0.0605. The van der Waals surface area contributed by atoms with Crippen molar-refractivity contribution in [3.05, 3.63) is 48.3 Å². The van der Waals surface area contributed by atoms with Crippen LogP contribution in [0.5, 0.6) is 0 Å². The number of hydrogen-bond acceptors (Lipinski definition) is 4. The van der Waals surface area contributed by atoms with Crippen molar-refractivity contribution >= 4 is 29.9 Å². The van der Waals surface area contributed by atoms with Crippen LogP contribution in [0.1, 0.15) is 31.4 Å². The normalized spacial score (nSPS) is 20.0. The molecule has 28 heavy (non-hydrogen) atoms. The quantitative estimate of drug-likeness (QED) is 0.285. The summed E-state index contributed by atoms with van der Waals surface area (Å²) in [4.78, 5) is 6.64. The Morgan fingerprint density at radius 2 is 1.93 bits per heavy atom. The molecule has 3 rings (SSSR count). The minimum atomic E-state index is -0.233. The number of hydrogen-bond donors (Lipinski definition) is 1. The van der Waals surface area contributed by atoms with E-state index in [-0.39, 0.29) is 42.0 Å². The minimum Gasteiger partial charge on any atom is -0.367 e. The summed E-state index contributed by atoms with van der Waals surface area (Å²) in [6.45, 7) is 5.28. The molecule has 0 aliphatic carbocycles. The Kier molecular flexibility index (Phi) is 9.10. The van der Waals surface area contributed by atoms with Crippen molar-refractivity contribution in [2.75, 3.05) is 26.7 Å². The van der Waals surface area contributed by atoms with Crippen molar-refractivity contribution in [1.82, 2.24) is 25.0 Å². The van der Waals surface area contributed by atoms with Crippen LogP contribution in [0.2, 0.25) is 0 Å². The second-order valence-electron chi connectivity index (χ2n) is 6.77. The van der Waals surface area contributed by atoms with E-state index < -0.39 is 0 Å². The lowest BCUT2D eigenvalue weighted by Crippen LogP contribution is -2.50. The van der Waals surface area contributed by atoms with Crippen LogP contribution in [0.25, 0.3) is 0 Å². The number of ether oxygens (including phenoxy) is 1. The van der Waals surface area contributed by atoms with Crippen molar-refractivity contribution in [2.45, 2.75) is 38.5 Å². The standard InChI is InChI=1S/C19H27FN6O.HI/c1-15-11-26(12-18(27-15)16-5-7-17(20)8-6-16)19(21-2)22-9-3-4-10-25-13-23-24-14-25;/h5-8,13-15,18H,3-4,9-12H2,1-2H3,(H,21,22);1H. The molecular formula is C19H28FIN6O. The van der Waals surface area contributed by atoms with Gasteiger partial charge in [-0.1, -0.05) is 12.1 Å². The summed E-state index contributed by atoms with van der Waals surface area (Å²) in [6, 6.07) is 6.53. The molecule has 0 saturated carbocycles. The fraction of sp³-hybridized carbons (Fsp3) is 0.526. The first kappa shape index (κ1) is 22.5. The first-order chi connectivity index (χ1) is 13.2. The zero-order chi connectivity index (χ0) is 19.1. The number of guanidine groups is 1. The second-order valence-corrected chi connectivity index (χ2v) is 6.77. The first-order valence-electron chi connectivity index (χ1n) is 9.34. The van der Waals surface area contributed by atoms with Gasteiger partial charge < -0.3 is 19.5 Å². The van der Waals surface area contributed by atoms with E-state index in [1.54, 1.807) is 31.8 Å². The molecule has 1 saturated heterocycles. The molecule has 1 aromatic heterocycles. The topological polar surface area (TPSA) is 67.6 Å². The number of nitrogens with one attached hydrogen (secondary N) is 1. The summed E-state index contributed by atoms with van der Waals surface area (Å²) < 4.78 is 21.2. The van der Waals surface area contributed by atoms with E-state index in [1.807, 2.05) is 4.57 Å². The molecule has 1 aliphatic rings. The summed E-state index contributed by atoms with van der Waals surface area (Å²) >= 11 is 0. The average Bonchev–Trinajstić information content (AvgIpc) is 3.18. The van der Waals surface area contributed by atoms with Crippen LogP contribution in [0.15, 0.2) is 41.9 Å². The van der Waals surface area contributed by atoms with E-state index in [0.29, 0.717) is 6.54 Å². The lowest BCUT2D eigenvalue weighted by atomic mass is 10.1. The van der Waals surface area contributed by atoms with Crippen molar-refractivity contribution in [2.24, 2.45) is 4.99 Å².